The maximum absolute atomic E-state index is 12.8. The molecule has 3 amide bonds. The molecule has 0 spiro atoms. The van der Waals surface area contributed by atoms with Crippen molar-refractivity contribution >= 4 is 40.9 Å². The Balaban J connectivity index is 1.52. The predicted molar refractivity (Wildman–Crippen MR) is 121 cm³/mol. The van der Waals surface area contributed by atoms with E-state index in [0.717, 1.165) is 4.90 Å². The minimum Gasteiger partial charge on any atom is -0.494 e. The molecule has 1 heterocycles. The Labute approximate surface area is 188 Å². The van der Waals surface area contributed by atoms with Gasteiger partial charge in [-0.25, -0.2) is 4.90 Å². The topological polar surface area (TPSA) is 119 Å². The van der Waals surface area contributed by atoms with Gasteiger partial charge in [0, 0.05) is 30.0 Å². The summed E-state index contributed by atoms with van der Waals surface area (Å²) in [6.07, 6.45) is 2.69. The number of hydrogen-bond donors (Lipinski definition) is 1. The van der Waals surface area contributed by atoms with Crippen molar-refractivity contribution in [3.63, 3.8) is 0 Å². The van der Waals surface area contributed by atoms with Crippen LogP contribution in [-0.2, 0) is 4.79 Å². The second kappa shape index (κ2) is 8.75. The second-order valence-corrected chi connectivity index (χ2v) is 7.05. The van der Waals surface area contributed by atoms with Crippen LogP contribution in [0.1, 0.15) is 26.3 Å². The summed E-state index contributed by atoms with van der Waals surface area (Å²) in [7, 11) is 1.39. The molecule has 164 valence electrons. The third kappa shape index (κ3) is 4.19. The maximum atomic E-state index is 12.8. The number of rotatable bonds is 6. The number of non-ortho nitro benzene ring substituents is 1. The van der Waals surface area contributed by atoms with Crippen LogP contribution in [0.3, 0.4) is 0 Å². The fourth-order valence-electron chi connectivity index (χ4n) is 3.45. The molecule has 0 saturated heterocycles. The SMILES string of the molecule is COc1cc(NC(=O)/C=C/c2cccc([N+](=O)[O-])c2)ccc1N1C(=O)c2ccccc2C1=O. The summed E-state index contributed by atoms with van der Waals surface area (Å²) in [5.74, 6) is -1.15. The summed E-state index contributed by atoms with van der Waals surface area (Å²) in [5, 5.41) is 13.5. The van der Waals surface area contributed by atoms with Crippen molar-refractivity contribution in [1.82, 2.24) is 0 Å². The third-order valence-electron chi connectivity index (χ3n) is 4.99. The number of nitrogens with one attached hydrogen (secondary N) is 1. The minimum absolute atomic E-state index is 0.0777. The third-order valence-corrected chi connectivity index (χ3v) is 4.99. The van der Waals surface area contributed by atoms with Gasteiger partial charge in [-0.3, -0.25) is 24.5 Å². The average Bonchev–Trinajstić information content (AvgIpc) is 3.08. The van der Waals surface area contributed by atoms with E-state index in [1.165, 1.54) is 49.6 Å². The van der Waals surface area contributed by atoms with Crippen molar-refractivity contribution in [3.8, 4) is 5.75 Å². The van der Waals surface area contributed by atoms with Crippen molar-refractivity contribution < 1.29 is 24.0 Å². The zero-order chi connectivity index (χ0) is 23.5. The number of amides is 3. The molecule has 1 aliphatic heterocycles. The van der Waals surface area contributed by atoms with Gasteiger partial charge >= 0.3 is 0 Å². The fraction of sp³-hybridized carbons (Fsp3) is 0.0417. The molecule has 0 aromatic heterocycles. The zero-order valence-electron chi connectivity index (χ0n) is 17.3. The van der Waals surface area contributed by atoms with E-state index in [1.807, 2.05) is 0 Å². The highest BCUT2D eigenvalue weighted by Crippen LogP contribution is 2.36. The number of carbonyl (C=O) groups excluding carboxylic acids is 3. The Morgan fingerprint density at radius 3 is 2.33 bits per heavy atom. The Kier molecular flexibility index (Phi) is 5.69. The molecule has 9 nitrogen and oxygen atoms in total. The van der Waals surface area contributed by atoms with Gasteiger partial charge in [-0.15, -0.1) is 0 Å². The normalized spacial score (nSPS) is 12.7. The van der Waals surface area contributed by atoms with Crippen LogP contribution < -0.4 is 15.0 Å². The lowest BCUT2D eigenvalue weighted by Crippen LogP contribution is -2.29. The summed E-state index contributed by atoms with van der Waals surface area (Å²) in [5.41, 5.74) is 1.68. The van der Waals surface area contributed by atoms with E-state index in [-0.39, 0.29) is 17.1 Å². The summed E-state index contributed by atoms with van der Waals surface area (Å²) in [4.78, 5) is 49.2. The summed E-state index contributed by atoms with van der Waals surface area (Å²) < 4.78 is 5.36. The van der Waals surface area contributed by atoms with Gasteiger partial charge in [0.05, 0.1) is 28.8 Å². The molecule has 1 N–H and O–H groups in total. The number of hydrogen-bond acceptors (Lipinski definition) is 6. The Morgan fingerprint density at radius 2 is 1.70 bits per heavy atom. The monoisotopic (exact) mass is 443 g/mol. The molecule has 0 atom stereocenters. The van der Waals surface area contributed by atoms with Crippen molar-refractivity contribution in [3.05, 3.63) is 99.6 Å². The van der Waals surface area contributed by atoms with Gasteiger partial charge in [0.2, 0.25) is 5.91 Å². The number of fused-ring (bicyclic) bond motifs is 1. The zero-order valence-corrected chi connectivity index (χ0v) is 17.3. The van der Waals surface area contributed by atoms with Crippen molar-refractivity contribution in [1.29, 1.82) is 0 Å². The predicted octanol–water partition coefficient (Wildman–Crippen LogP) is 4.06. The van der Waals surface area contributed by atoms with Gasteiger partial charge < -0.3 is 10.1 Å². The van der Waals surface area contributed by atoms with Gasteiger partial charge in [0.25, 0.3) is 17.5 Å². The number of carbonyl (C=O) groups is 3. The van der Waals surface area contributed by atoms with Crippen LogP contribution >= 0.6 is 0 Å². The van der Waals surface area contributed by atoms with E-state index in [9.17, 15) is 24.5 Å². The molecule has 4 rings (SSSR count). The van der Waals surface area contributed by atoms with Crippen LogP contribution in [0.15, 0.2) is 72.8 Å². The number of methoxy groups -OCH3 is 1. The molecule has 0 fully saturated rings. The molecule has 0 bridgehead atoms. The number of nitrogens with zero attached hydrogens (tertiary/aromatic N) is 2. The Bertz CT molecular complexity index is 1300. The van der Waals surface area contributed by atoms with Crippen molar-refractivity contribution in [2.45, 2.75) is 0 Å². The Morgan fingerprint density at radius 1 is 1.00 bits per heavy atom. The highest BCUT2D eigenvalue weighted by Gasteiger charge is 2.37. The molecular formula is C24H17N3O6. The van der Waals surface area contributed by atoms with Crippen LogP contribution in [0.4, 0.5) is 17.1 Å². The van der Waals surface area contributed by atoms with E-state index < -0.39 is 22.6 Å². The fourth-order valence-corrected chi connectivity index (χ4v) is 3.45. The van der Waals surface area contributed by atoms with E-state index in [1.54, 1.807) is 36.4 Å². The number of imide groups is 1. The molecular weight excluding hydrogens is 426 g/mol. The highest BCUT2D eigenvalue weighted by atomic mass is 16.6. The average molecular weight is 443 g/mol. The van der Waals surface area contributed by atoms with E-state index in [0.29, 0.717) is 22.4 Å². The van der Waals surface area contributed by atoms with Crippen molar-refractivity contribution in [2.24, 2.45) is 0 Å². The molecule has 3 aromatic carbocycles. The molecule has 33 heavy (non-hydrogen) atoms. The standard InChI is InChI=1S/C24H17N3O6/c1-33-21-14-16(25-22(28)12-9-15-5-4-6-17(13-15)27(31)32)10-11-20(21)26-23(29)18-7-2-3-8-19(18)24(26)30/h2-14H,1H3,(H,25,28)/b12-9+. The first-order chi connectivity index (χ1) is 15.9. The summed E-state index contributed by atoms with van der Waals surface area (Å²) >= 11 is 0. The molecule has 9 heteroatoms. The second-order valence-electron chi connectivity index (χ2n) is 7.05. The Hall–Kier alpha value is -4.79. The molecule has 0 aliphatic carbocycles. The largest absolute Gasteiger partial charge is 0.494 e. The lowest BCUT2D eigenvalue weighted by atomic mass is 10.1. The number of nitro benzene ring substituents is 1. The van der Waals surface area contributed by atoms with Gasteiger partial charge in [-0.2, -0.15) is 0 Å². The quantitative estimate of drug-likeness (QED) is 0.266. The minimum atomic E-state index is -0.514. The van der Waals surface area contributed by atoms with Gasteiger partial charge in [-0.1, -0.05) is 24.3 Å². The van der Waals surface area contributed by atoms with E-state index in [2.05, 4.69) is 5.32 Å². The summed E-state index contributed by atoms with van der Waals surface area (Å²) in [6, 6.07) is 17.0. The smallest absolute Gasteiger partial charge is 0.270 e. The lowest BCUT2D eigenvalue weighted by molar-refractivity contribution is -0.384. The van der Waals surface area contributed by atoms with E-state index >= 15 is 0 Å². The molecule has 0 radical (unpaired) electrons. The molecule has 0 unspecified atom stereocenters. The number of nitro groups is 1. The number of anilines is 2. The van der Waals surface area contributed by atoms with Gasteiger partial charge in [-0.05, 0) is 35.9 Å². The van der Waals surface area contributed by atoms with Gasteiger partial charge in [0.1, 0.15) is 5.75 Å². The molecule has 0 saturated carbocycles. The van der Waals surface area contributed by atoms with E-state index in [4.69, 9.17) is 4.74 Å². The summed E-state index contributed by atoms with van der Waals surface area (Å²) in [6.45, 7) is 0. The first-order valence-electron chi connectivity index (χ1n) is 9.78. The van der Waals surface area contributed by atoms with Crippen molar-refractivity contribution in [2.75, 3.05) is 17.3 Å². The molecule has 1 aliphatic rings. The van der Waals surface area contributed by atoms with Crippen LogP contribution in [0.5, 0.6) is 5.75 Å². The number of benzene rings is 3. The first-order valence-corrected chi connectivity index (χ1v) is 9.78. The van der Waals surface area contributed by atoms with Crippen LogP contribution in [0.2, 0.25) is 0 Å². The molecule has 3 aromatic rings. The number of ether oxygens (including phenoxy) is 1. The van der Waals surface area contributed by atoms with Crippen LogP contribution in [0.25, 0.3) is 6.08 Å². The van der Waals surface area contributed by atoms with Gasteiger partial charge in [0.15, 0.2) is 0 Å². The maximum Gasteiger partial charge on any atom is 0.270 e. The highest BCUT2D eigenvalue weighted by molar-refractivity contribution is 6.34. The first kappa shape index (κ1) is 21.4. The van der Waals surface area contributed by atoms with Crippen LogP contribution in [-0.4, -0.2) is 29.8 Å². The lowest BCUT2D eigenvalue weighted by Gasteiger charge is -2.18. The van der Waals surface area contributed by atoms with Crippen LogP contribution in [0, 0.1) is 10.1 Å².